The van der Waals surface area contributed by atoms with Gasteiger partial charge in [-0.05, 0) is 97.7 Å². The van der Waals surface area contributed by atoms with E-state index < -0.39 is 0 Å². The number of nitrogens with zero attached hydrogens (tertiary/aromatic N) is 2. The first-order valence-corrected chi connectivity index (χ1v) is 12.5. The van der Waals surface area contributed by atoms with Crippen molar-refractivity contribution in [2.75, 3.05) is 19.6 Å². The Kier molecular flexibility index (Phi) is 8.53. The van der Waals surface area contributed by atoms with Gasteiger partial charge in [0.05, 0.1) is 11.4 Å². The molecule has 0 aliphatic rings. The molecular weight excluding hydrogens is 416 g/mol. The minimum absolute atomic E-state index is 0.926. The summed E-state index contributed by atoms with van der Waals surface area (Å²) in [5.74, 6) is 0. The maximum atomic E-state index is 4.42. The van der Waals surface area contributed by atoms with Crippen LogP contribution >= 0.6 is 0 Å². The minimum atomic E-state index is 0.926. The number of hydrogen-bond donors (Lipinski definition) is 2. The molecule has 0 bridgehead atoms. The van der Waals surface area contributed by atoms with Gasteiger partial charge in [-0.3, -0.25) is 5.10 Å². The van der Waals surface area contributed by atoms with Crippen LogP contribution < -0.4 is 0 Å². The Labute approximate surface area is 203 Å². The van der Waals surface area contributed by atoms with Gasteiger partial charge in [-0.2, -0.15) is 5.10 Å². The molecule has 4 rings (SSSR count). The van der Waals surface area contributed by atoms with Crippen LogP contribution in [0.15, 0.2) is 60.8 Å². The Morgan fingerprint density at radius 3 is 2.35 bits per heavy atom. The first-order chi connectivity index (χ1) is 16.7. The van der Waals surface area contributed by atoms with E-state index >= 15 is 0 Å². The highest BCUT2D eigenvalue weighted by Crippen LogP contribution is 2.17. The van der Waals surface area contributed by atoms with Gasteiger partial charge < -0.3 is 9.88 Å². The summed E-state index contributed by atoms with van der Waals surface area (Å²) in [6.07, 6.45) is 15.1. The Bertz CT molecular complexity index is 1200. The summed E-state index contributed by atoms with van der Waals surface area (Å²) in [4.78, 5) is 5.84. The molecular formula is C30H36N4. The highest BCUT2D eigenvalue weighted by Gasteiger charge is 2.03. The van der Waals surface area contributed by atoms with E-state index in [0.717, 1.165) is 28.9 Å². The molecule has 0 radical (unpaired) electrons. The van der Waals surface area contributed by atoms with E-state index in [1.54, 1.807) is 0 Å². The molecule has 2 heterocycles. The fourth-order valence-corrected chi connectivity index (χ4v) is 4.33. The number of aryl methyl sites for hydroxylation is 1. The van der Waals surface area contributed by atoms with E-state index in [4.69, 9.17) is 0 Å². The van der Waals surface area contributed by atoms with Crippen LogP contribution in [0, 0.1) is 0 Å². The van der Waals surface area contributed by atoms with E-state index in [1.165, 1.54) is 55.4 Å². The molecule has 2 N–H and O–H groups in total. The highest BCUT2D eigenvalue weighted by atomic mass is 15.1. The second-order valence-electron chi connectivity index (χ2n) is 8.93. The number of benzene rings is 2. The molecule has 4 aromatic rings. The van der Waals surface area contributed by atoms with Crippen molar-refractivity contribution >= 4 is 35.2 Å². The lowest BCUT2D eigenvalue weighted by Gasteiger charge is -2.20. The van der Waals surface area contributed by atoms with Crippen molar-refractivity contribution < 1.29 is 0 Å². The standard InChI is InChI=1S/C30H36N4/c1-3-19-34(20-4-2)21-5-6-24-7-9-25(10-8-24)12-15-28-23-29(33-32-28)16-13-26-11-14-27-17-18-31-30(27)22-26/h7-18,22-23,31H,3-6,19-21H2,1-2H3,(H,32,33)/b15-12+,16-13+. The minimum Gasteiger partial charge on any atom is -0.361 e. The second-order valence-corrected chi connectivity index (χ2v) is 8.93. The summed E-state index contributed by atoms with van der Waals surface area (Å²) in [6.45, 7) is 8.15. The number of nitrogens with one attached hydrogen (secondary N) is 2. The average Bonchev–Trinajstić information content (AvgIpc) is 3.51. The van der Waals surface area contributed by atoms with Gasteiger partial charge in [0.25, 0.3) is 0 Å². The topological polar surface area (TPSA) is 47.7 Å². The van der Waals surface area contributed by atoms with Crippen molar-refractivity contribution in [2.24, 2.45) is 0 Å². The summed E-state index contributed by atoms with van der Waals surface area (Å²) in [6, 6.07) is 19.5. The van der Waals surface area contributed by atoms with Crippen LogP contribution in [0.3, 0.4) is 0 Å². The van der Waals surface area contributed by atoms with Crippen molar-refractivity contribution in [2.45, 2.75) is 39.5 Å². The molecule has 0 spiro atoms. The number of aromatic nitrogens is 3. The SMILES string of the molecule is CCCN(CCC)CCCc1ccc(/C=C/c2cc(/C=C/c3ccc4cc[nH]c4c3)[nH]n2)cc1. The van der Waals surface area contributed by atoms with Crippen LogP contribution in [0.4, 0.5) is 0 Å². The van der Waals surface area contributed by atoms with Crippen molar-refractivity contribution in [3.63, 3.8) is 0 Å². The van der Waals surface area contributed by atoms with Crippen molar-refractivity contribution in [1.29, 1.82) is 0 Å². The van der Waals surface area contributed by atoms with Crippen LogP contribution in [-0.4, -0.2) is 39.7 Å². The normalized spacial score (nSPS) is 12.1. The first-order valence-electron chi connectivity index (χ1n) is 12.5. The van der Waals surface area contributed by atoms with Gasteiger partial charge in [0, 0.05) is 11.7 Å². The zero-order chi connectivity index (χ0) is 23.6. The van der Waals surface area contributed by atoms with E-state index in [0.29, 0.717) is 0 Å². The second kappa shape index (κ2) is 12.2. The van der Waals surface area contributed by atoms with Crippen LogP contribution in [0.25, 0.3) is 35.2 Å². The lowest BCUT2D eigenvalue weighted by atomic mass is 10.1. The summed E-state index contributed by atoms with van der Waals surface area (Å²) in [5.41, 5.74) is 6.83. The Morgan fingerprint density at radius 1 is 0.794 bits per heavy atom. The van der Waals surface area contributed by atoms with Crippen LogP contribution in [0.1, 0.15) is 61.2 Å². The number of fused-ring (bicyclic) bond motifs is 1. The molecule has 0 aliphatic carbocycles. The van der Waals surface area contributed by atoms with Crippen LogP contribution in [-0.2, 0) is 6.42 Å². The molecule has 0 aliphatic heterocycles. The molecule has 0 fully saturated rings. The molecule has 0 atom stereocenters. The van der Waals surface area contributed by atoms with E-state index in [2.05, 4.69) is 113 Å². The van der Waals surface area contributed by atoms with Crippen molar-refractivity contribution in [3.8, 4) is 0 Å². The lowest BCUT2D eigenvalue weighted by molar-refractivity contribution is 0.271. The van der Waals surface area contributed by atoms with Gasteiger partial charge in [-0.1, -0.05) is 62.4 Å². The van der Waals surface area contributed by atoms with E-state index in [1.807, 2.05) is 6.20 Å². The summed E-state index contributed by atoms with van der Waals surface area (Å²) < 4.78 is 0. The number of hydrogen-bond acceptors (Lipinski definition) is 2. The van der Waals surface area contributed by atoms with Gasteiger partial charge >= 0.3 is 0 Å². The quantitative estimate of drug-likeness (QED) is 0.237. The fourth-order valence-electron chi connectivity index (χ4n) is 4.33. The molecule has 34 heavy (non-hydrogen) atoms. The molecule has 4 nitrogen and oxygen atoms in total. The van der Waals surface area contributed by atoms with E-state index in [9.17, 15) is 0 Å². The molecule has 0 saturated heterocycles. The Hall–Kier alpha value is -3.37. The molecule has 0 unspecified atom stereocenters. The first kappa shape index (κ1) is 23.8. The third kappa shape index (κ3) is 6.82. The predicted octanol–water partition coefficient (Wildman–Crippen LogP) is 7.29. The maximum Gasteiger partial charge on any atom is 0.0854 e. The average molecular weight is 453 g/mol. The lowest BCUT2D eigenvalue weighted by Crippen LogP contribution is -2.26. The smallest absolute Gasteiger partial charge is 0.0854 e. The van der Waals surface area contributed by atoms with Gasteiger partial charge in [-0.15, -0.1) is 0 Å². The van der Waals surface area contributed by atoms with Gasteiger partial charge in [-0.25, -0.2) is 0 Å². The molecule has 2 aromatic heterocycles. The van der Waals surface area contributed by atoms with Gasteiger partial charge in [0.15, 0.2) is 0 Å². The third-order valence-electron chi connectivity index (χ3n) is 6.10. The summed E-state index contributed by atoms with van der Waals surface area (Å²) in [5, 5.41) is 8.75. The van der Waals surface area contributed by atoms with Crippen LogP contribution in [0.2, 0.25) is 0 Å². The maximum absolute atomic E-state index is 4.42. The molecule has 0 amide bonds. The van der Waals surface area contributed by atoms with E-state index in [-0.39, 0.29) is 0 Å². The zero-order valence-electron chi connectivity index (χ0n) is 20.4. The van der Waals surface area contributed by atoms with Gasteiger partial charge in [0.2, 0.25) is 0 Å². The van der Waals surface area contributed by atoms with Crippen molar-refractivity contribution in [1.82, 2.24) is 20.1 Å². The summed E-state index contributed by atoms with van der Waals surface area (Å²) >= 11 is 0. The molecule has 0 saturated carbocycles. The summed E-state index contributed by atoms with van der Waals surface area (Å²) in [7, 11) is 0. The zero-order valence-corrected chi connectivity index (χ0v) is 20.4. The van der Waals surface area contributed by atoms with Crippen LogP contribution in [0.5, 0.6) is 0 Å². The monoisotopic (exact) mass is 452 g/mol. The fraction of sp³-hybridized carbons (Fsp3) is 0.300. The third-order valence-corrected chi connectivity index (χ3v) is 6.10. The van der Waals surface area contributed by atoms with Gasteiger partial charge in [0.1, 0.15) is 0 Å². The largest absolute Gasteiger partial charge is 0.361 e. The highest BCUT2D eigenvalue weighted by molar-refractivity contribution is 5.83. The number of H-pyrrole nitrogens is 2. The van der Waals surface area contributed by atoms with Crippen molar-refractivity contribution in [3.05, 3.63) is 88.9 Å². The Morgan fingerprint density at radius 2 is 1.56 bits per heavy atom. The Balaban J connectivity index is 1.28. The molecule has 4 heteroatoms. The molecule has 2 aromatic carbocycles. The molecule has 176 valence electrons. The number of aromatic amines is 2. The number of rotatable bonds is 12. The predicted molar refractivity (Wildman–Crippen MR) is 147 cm³/mol.